The summed E-state index contributed by atoms with van der Waals surface area (Å²) in [7, 11) is 0. The first-order valence-electron chi connectivity index (χ1n) is 6.30. The lowest BCUT2D eigenvalue weighted by molar-refractivity contribution is -0.122. The van der Waals surface area contributed by atoms with Crippen molar-refractivity contribution in [3.8, 4) is 5.75 Å². The normalized spacial score (nSPS) is 12.3. The third kappa shape index (κ3) is 5.49. The summed E-state index contributed by atoms with van der Waals surface area (Å²) in [5, 5.41) is 12.6. The van der Waals surface area contributed by atoms with Gasteiger partial charge in [-0.3, -0.25) is 4.79 Å². The minimum Gasteiger partial charge on any atom is -0.491 e. The van der Waals surface area contributed by atoms with Crippen LogP contribution >= 0.6 is 11.6 Å². The summed E-state index contributed by atoms with van der Waals surface area (Å²) in [5.41, 5.74) is 0.731. The molecule has 0 aromatic heterocycles. The third-order valence-electron chi connectivity index (χ3n) is 2.47. The number of carbonyl (C=O) groups is 1. The average Bonchev–Trinajstić information content (AvgIpc) is 2.29. The number of hydrogen-bond donors (Lipinski definition) is 2. The van der Waals surface area contributed by atoms with Gasteiger partial charge in [-0.25, -0.2) is 0 Å². The number of aliphatic hydroxyl groups is 1. The third-order valence-corrected chi connectivity index (χ3v) is 2.77. The van der Waals surface area contributed by atoms with Crippen LogP contribution in [0.15, 0.2) is 18.2 Å². The summed E-state index contributed by atoms with van der Waals surface area (Å²) in [6.07, 6.45) is -0.282. The van der Waals surface area contributed by atoms with Crippen molar-refractivity contribution in [1.29, 1.82) is 0 Å². The predicted octanol–water partition coefficient (Wildman–Crippen LogP) is 2.69. The van der Waals surface area contributed by atoms with E-state index in [-0.39, 0.29) is 25.0 Å². The van der Waals surface area contributed by atoms with E-state index in [9.17, 15) is 9.90 Å². The molecule has 1 aromatic rings. The maximum atomic E-state index is 11.4. The molecule has 1 amide bonds. The van der Waals surface area contributed by atoms with Crippen LogP contribution in [0.5, 0.6) is 5.75 Å². The van der Waals surface area contributed by atoms with E-state index in [0.29, 0.717) is 10.8 Å². The van der Waals surface area contributed by atoms with Crippen LogP contribution in [-0.4, -0.2) is 23.7 Å². The molecule has 0 unspecified atom stereocenters. The Kier molecular flexibility index (Phi) is 6.12. The van der Waals surface area contributed by atoms with Gasteiger partial charge in [0.25, 0.3) is 0 Å². The molecule has 0 aliphatic rings. The first kappa shape index (κ1) is 15.8. The molecule has 2 N–H and O–H groups in total. The van der Waals surface area contributed by atoms with Gasteiger partial charge < -0.3 is 15.2 Å². The van der Waals surface area contributed by atoms with Gasteiger partial charge in [0, 0.05) is 6.04 Å². The monoisotopic (exact) mass is 285 g/mol. The number of amides is 1. The molecule has 4 nitrogen and oxygen atoms in total. The number of carbonyl (C=O) groups excluding carboxylic acids is 1. The van der Waals surface area contributed by atoms with Gasteiger partial charge in [-0.05, 0) is 38.5 Å². The Hall–Kier alpha value is -1.26. The number of nitrogens with one attached hydrogen (secondary N) is 1. The molecule has 0 fully saturated rings. The van der Waals surface area contributed by atoms with Crippen LogP contribution < -0.4 is 10.1 Å². The van der Waals surface area contributed by atoms with E-state index in [1.165, 1.54) is 0 Å². The van der Waals surface area contributed by atoms with Crippen LogP contribution in [0.1, 0.15) is 38.9 Å². The summed E-state index contributed by atoms with van der Waals surface area (Å²) in [6, 6.07) is 5.24. The fraction of sp³-hybridized carbons (Fsp3) is 0.500. The second-order valence-electron chi connectivity index (χ2n) is 4.69. The molecule has 19 heavy (non-hydrogen) atoms. The number of ether oxygens (including phenoxy) is 1. The lowest BCUT2D eigenvalue weighted by atomic mass is 10.1. The fourth-order valence-electron chi connectivity index (χ4n) is 1.54. The molecular weight excluding hydrogens is 266 g/mol. The van der Waals surface area contributed by atoms with E-state index < -0.39 is 6.10 Å². The lowest BCUT2D eigenvalue weighted by Crippen LogP contribution is -2.31. The molecule has 0 radical (unpaired) electrons. The van der Waals surface area contributed by atoms with Gasteiger partial charge in [0.05, 0.1) is 24.2 Å². The van der Waals surface area contributed by atoms with Crippen LogP contribution in [0.25, 0.3) is 0 Å². The second-order valence-corrected chi connectivity index (χ2v) is 5.09. The van der Waals surface area contributed by atoms with Crippen molar-refractivity contribution in [2.45, 2.75) is 39.3 Å². The highest BCUT2D eigenvalue weighted by Gasteiger charge is 2.08. The van der Waals surface area contributed by atoms with Gasteiger partial charge in [-0.15, -0.1) is 0 Å². The highest BCUT2D eigenvalue weighted by atomic mass is 35.5. The van der Waals surface area contributed by atoms with Crippen molar-refractivity contribution in [2.75, 3.05) is 6.61 Å². The number of halogens is 1. The summed E-state index contributed by atoms with van der Waals surface area (Å²) >= 11 is 6.04. The van der Waals surface area contributed by atoms with E-state index in [1.54, 1.807) is 25.1 Å². The number of hydrogen-bond acceptors (Lipinski definition) is 3. The van der Waals surface area contributed by atoms with E-state index >= 15 is 0 Å². The second kappa shape index (κ2) is 7.36. The smallest absolute Gasteiger partial charge is 0.223 e. The quantitative estimate of drug-likeness (QED) is 0.845. The van der Waals surface area contributed by atoms with E-state index in [1.807, 2.05) is 13.8 Å². The summed E-state index contributed by atoms with van der Waals surface area (Å²) < 4.78 is 5.45. The Morgan fingerprint density at radius 1 is 1.42 bits per heavy atom. The van der Waals surface area contributed by atoms with Gasteiger partial charge in [0.2, 0.25) is 5.91 Å². The zero-order chi connectivity index (χ0) is 14.4. The van der Waals surface area contributed by atoms with Crippen LogP contribution in [-0.2, 0) is 4.79 Å². The Morgan fingerprint density at radius 2 is 2.11 bits per heavy atom. The molecule has 0 spiro atoms. The first-order valence-corrected chi connectivity index (χ1v) is 6.67. The molecule has 0 heterocycles. The van der Waals surface area contributed by atoms with Crippen LogP contribution in [0.3, 0.4) is 0 Å². The van der Waals surface area contributed by atoms with Gasteiger partial charge in [0.1, 0.15) is 5.75 Å². The van der Waals surface area contributed by atoms with Crippen molar-refractivity contribution in [1.82, 2.24) is 5.32 Å². The topological polar surface area (TPSA) is 58.6 Å². The number of rotatable bonds is 6. The number of aliphatic hydroxyl groups excluding tert-OH is 1. The zero-order valence-electron chi connectivity index (χ0n) is 11.4. The van der Waals surface area contributed by atoms with Crippen LogP contribution in [0.2, 0.25) is 5.02 Å². The molecular formula is C14H20ClNO3. The summed E-state index contributed by atoms with van der Waals surface area (Å²) in [4.78, 5) is 11.4. The zero-order valence-corrected chi connectivity index (χ0v) is 12.2. The summed E-state index contributed by atoms with van der Waals surface area (Å²) in [6.45, 7) is 5.75. The lowest BCUT2D eigenvalue weighted by Gasteiger charge is -2.11. The van der Waals surface area contributed by atoms with E-state index in [0.717, 1.165) is 5.56 Å². The molecule has 1 atom stereocenters. The molecule has 0 saturated carbocycles. The Morgan fingerprint density at radius 3 is 2.63 bits per heavy atom. The Bertz CT molecular complexity index is 433. The first-order chi connectivity index (χ1) is 8.90. The molecule has 5 heteroatoms. The van der Waals surface area contributed by atoms with Gasteiger partial charge in [-0.2, -0.15) is 0 Å². The summed E-state index contributed by atoms with van der Waals surface area (Å²) in [5.74, 6) is 0.468. The van der Waals surface area contributed by atoms with E-state index in [2.05, 4.69) is 5.32 Å². The van der Waals surface area contributed by atoms with Crippen molar-refractivity contribution < 1.29 is 14.6 Å². The molecule has 0 bridgehead atoms. The van der Waals surface area contributed by atoms with Crippen molar-refractivity contribution >= 4 is 17.5 Å². The largest absolute Gasteiger partial charge is 0.491 e. The maximum absolute atomic E-state index is 11.4. The Labute approximate surface area is 118 Å². The minimum absolute atomic E-state index is 0.0493. The minimum atomic E-state index is -0.566. The molecule has 0 aliphatic heterocycles. The van der Waals surface area contributed by atoms with Gasteiger partial charge in [-0.1, -0.05) is 17.7 Å². The SMILES string of the molecule is CC(C)NC(=O)CCOc1ccc([C@@H](C)O)cc1Cl. The van der Waals surface area contributed by atoms with E-state index in [4.69, 9.17) is 16.3 Å². The molecule has 106 valence electrons. The molecule has 0 saturated heterocycles. The Balaban J connectivity index is 2.48. The van der Waals surface area contributed by atoms with Crippen molar-refractivity contribution in [3.05, 3.63) is 28.8 Å². The van der Waals surface area contributed by atoms with Gasteiger partial charge >= 0.3 is 0 Å². The average molecular weight is 286 g/mol. The molecule has 1 rings (SSSR count). The highest BCUT2D eigenvalue weighted by Crippen LogP contribution is 2.27. The van der Waals surface area contributed by atoms with Crippen molar-refractivity contribution in [2.24, 2.45) is 0 Å². The van der Waals surface area contributed by atoms with Gasteiger partial charge in [0.15, 0.2) is 0 Å². The predicted molar refractivity (Wildman–Crippen MR) is 75.5 cm³/mol. The van der Waals surface area contributed by atoms with Crippen molar-refractivity contribution in [3.63, 3.8) is 0 Å². The van der Waals surface area contributed by atoms with Crippen LogP contribution in [0, 0.1) is 0 Å². The van der Waals surface area contributed by atoms with Crippen LogP contribution in [0.4, 0.5) is 0 Å². The highest BCUT2D eigenvalue weighted by molar-refractivity contribution is 6.32. The molecule has 1 aromatic carbocycles. The number of benzene rings is 1. The fourth-order valence-corrected chi connectivity index (χ4v) is 1.79. The molecule has 0 aliphatic carbocycles. The maximum Gasteiger partial charge on any atom is 0.223 e. The standard InChI is InChI=1S/C14H20ClNO3/c1-9(2)16-14(18)6-7-19-13-5-4-11(10(3)17)8-12(13)15/h4-5,8-10,17H,6-7H2,1-3H3,(H,16,18)/t10-/m1/s1.